The van der Waals surface area contributed by atoms with Gasteiger partial charge in [-0.25, -0.2) is 0 Å². The zero-order valence-electron chi connectivity index (χ0n) is 16.2. The quantitative estimate of drug-likeness (QED) is 0.538. The van der Waals surface area contributed by atoms with Crippen LogP contribution in [0.25, 0.3) is 0 Å². The lowest BCUT2D eigenvalue weighted by Gasteiger charge is -2.33. The fourth-order valence-electron chi connectivity index (χ4n) is 3.03. The smallest absolute Gasteiger partial charge is 0.191 e. The third-order valence-corrected chi connectivity index (χ3v) is 4.11. The first kappa shape index (κ1) is 19.7. The molecule has 25 heavy (non-hydrogen) atoms. The van der Waals surface area contributed by atoms with E-state index in [9.17, 15) is 0 Å². The number of rotatable bonds is 8. The van der Waals surface area contributed by atoms with Gasteiger partial charge in [0, 0.05) is 46.0 Å². The largest absolute Gasteiger partial charge is 0.374 e. The van der Waals surface area contributed by atoms with Gasteiger partial charge < -0.3 is 15.4 Å². The van der Waals surface area contributed by atoms with Crippen molar-refractivity contribution in [3.8, 4) is 0 Å². The van der Waals surface area contributed by atoms with Crippen molar-refractivity contribution in [3.63, 3.8) is 0 Å². The van der Waals surface area contributed by atoms with E-state index < -0.39 is 0 Å². The van der Waals surface area contributed by atoms with E-state index in [0.29, 0.717) is 12.5 Å². The first-order valence-electron chi connectivity index (χ1n) is 9.40. The van der Waals surface area contributed by atoms with Crippen molar-refractivity contribution in [1.29, 1.82) is 0 Å². The van der Waals surface area contributed by atoms with Crippen molar-refractivity contribution in [1.82, 2.24) is 25.3 Å². The Morgan fingerprint density at radius 3 is 2.96 bits per heavy atom. The van der Waals surface area contributed by atoms with Gasteiger partial charge in [0.1, 0.15) is 0 Å². The highest BCUT2D eigenvalue weighted by atomic mass is 16.5. The highest BCUT2D eigenvalue weighted by Crippen LogP contribution is 2.08. The molecule has 2 heterocycles. The van der Waals surface area contributed by atoms with Crippen molar-refractivity contribution in [2.75, 3.05) is 45.9 Å². The number of nitrogens with one attached hydrogen (secondary N) is 2. The van der Waals surface area contributed by atoms with Crippen LogP contribution in [0.5, 0.6) is 0 Å². The summed E-state index contributed by atoms with van der Waals surface area (Å²) in [4.78, 5) is 7.19. The summed E-state index contributed by atoms with van der Waals surface area (Å²) in [6, 6.07) is 0. The standard InChI is InChI=1S/C18H34N6O/c1-5-19-18(20-7-6-16-10-22-23(4)13-16)21-11-17-14-24(8-9-25-17)12-15(2)3/h10,13,15,17H,5-9,11-12,14H2,1-4H3,(H2,19,20,21). The van der Waals surface area contributed by atoms with E-state index in [1.165, 1.54) is 5.56 Å². The summed E-state index contributed by atoms with van der Waals surface area (Å²) in [5.74, 6) is 1.55. The summed E-state index contributed by atoms with van der Waals surface area (Å²) in [5, 5.41) is 10.9. The van der Waals surface area contributed by atoms with E-state index in [0.717, 1.165) is 51.7 Å². The molecule has 1 aromatic rings. The van der Waals surface area contributed by atoms with Crippen molar-refractivity contribution >= 4 is 5.96 Å². The van der Waals surface area contributed by atoms with Gasteiger partial charge in [-0.15, -0.1) is 0 Å². The van der Waals surface area contributed by atoms with Crippen LogP contribution in [0.3, 0.4) is 0 Å². The summed E-state index contributed by atoms with van der Waals surface area (Å²) in [6.07, 6.45) is 5.07. The fraction of sp³-hybridized carbons (Fsp3) is 0.778. The molecule has 1 unspecified atom stereocenters. The van der Waals surface area contributed by atoms with Crippen molar-refractivity contribution in [2.45, 2.75) is 33.3 Å². The minimum Gasteiger partial charge on any atom is -0.374 e. The Hall–Kier alpha value is -1.60. The number of morpholine rings is 1. The molecule has 1 aromatic heterocycles. The monoisotopic (exact) mass is 350 g/mol. The zero-order chi connectivity index (χ0) is 18.1. The molecule has 2 rings (SSSR count). The zero-order valence-corrected chi connectivity index (χ0v) is 16.2. The minimum atomic E-state index is 0.182. The number of hydrogen-bond donors (Lipinski definition) is 2. The van der Waals surface area contributed by atoms with Gasteiger partial charge in [0.05, 0.1) is 25.5 Å². The maximum atomic E-state index is 5.88. The van der Waals surface area contributed by atoms with Crippen LogP contribution in [0.2, 0.25) is 0 Å². The second kappa shape index (κ2) is 10.4. The summed E-state index contributed by atoms with van der Waals surface area (Å²) >= 11 is 0. The van der Waals surface area contributed by atoms with Crippen molar-refractivity contribution in [3.05, 3.63) is 18.0 Å². The fourth-order valence-corrected chi connectivity index (χ4v) is 3.03. The van der Waals surface area contributed by atoms with E-state index >= 15 is 0 Å². The number of nitrogens with zero attached hydrogens (tertiary/aromatic N) is 4. The maximum absolute atomic E-state index is 5.88. The molecule has 0 amide bonds. The number of hydrogen-bond acceptors (Lipinski definition) is 4. The third-order valence-electron chi connectivity index (χ3n) is 4.11. The van der Waals surface area contributed by atoms with E-state index in [2.05, 4.69) is 41.4 Å². The summed E-state index contributed by atoms with van der Waals surface area (Å²) in [7, 11) is 1.94. The minimum absolute atomic E-state index is 0.182. The van der Waals surface area contributed by atoms with Crippen molar-refractivity contribution < 1.29 is 4.74 Å². The second-order valence-electron chi connectivity index (χ2n) is 7.06. The summed E-state index contributed by atoms with van der Waals surface area (Å²) in [6.45, 7) is 12.9. The van der Waals surface area contributed by atoms with Gasteiger partial charge >= 0.3 is 0 Å². The summed E-state index contributed by atoms with van der Waals surface area (Å²) < 4.78 is 7.71. The van der Waals surface area contributed by atoms with E-state index in [1.54, 1.807) is 0 Å². The highest BCUT2D eigenvalue weighted by molar-refractivity contribution is 5.79. The van der Waals surface area contributed by atoms with Gasteiger partial charge in [0.25, 0.3) is 0 Å². The van der Waals surface area contributed by atoms with E-state index in [-0.39, 0.29) is 6.10 Å². The number of aromatic nitrogens is 2. The first-order chi connectivity index (χ1) is 12.1. The molecule has 0 saturated carbocycles. The molecule has 0 bridgehead atoms. The Bertz CT molecular complexity index is 527. The molecule has 7 heteroatoms. The molecule has 142 valence electrons. The van der Waals surface area contributed by atoms with E-state index in [4.69, 9.17) is 9.73 Å². The molecule has 2 N–H and O–H groups in total. The molecule has 1 aliphatic rings. The molecule has 1 fully saturated rings. The number of aliphatic imine (C=N–C) groups is 1. The number of guanidine groups is 1. The average Bonchev–Trinajstić information content (AvgIpc) is 2.98. The number of ether oxygens (including phenoxy) is 1. The summed E-state index contributed by atoms with van der Waals surface area (Å²) in [5.41, 5.74) is 1.23. The lowest BCUT2D eigenvalue weighted by atomic mass is 10.2. The molecule has 1 saturated heterocycles. The topological polar surface area (TPSA) is 66.7 Å². The number of aryl methyl sites for hydroxylation is 1. The Kier molecular flexibility index (Phi) is 8.21. The normalized spacial score (nSPS) is 19.4. The van der Waals surface area contributed by atoms with Crippen LogP contribution in [-0.2, 0) is 18.2 Å². The SMILES string of the molecule is CCNC(=NCC1CN(CC(C)C)CCO1)NCCc1cnn(C)c1. The molecule has 7 nitrogen and oxygen atoms in total. The predicted molar refractivity (Wildman–Crippen MR) is 102 cm³/mol. The van der Waals surface area contributed by atoms with Crippen LogP contribution in [0.1, 0.15) is 26.3 Å². The van der Waals surface area contributed by atoms with Gasteiger partial charge in [0.2, 0.25) is 0 Å². The molecule has 0 aromatic carbocycles. The molecular formula is C18H34N6O. The molecule has 0 aliphatic carbocycles. The van der Waals surface area contributed by atoms with Gasteiger partial charge in [0.15, 0.2) is 5.96 Å². The highest BCUT2D eigenvalue weighted by Gasteiger charge is 2.20. The molecule has 1 atom stereocenters. The van der Waals surface area contributed by atoms with Crippen LogP contribution >= 0.6 is 0 Å². The van der Waals surface area contributed by atoms with Gasteiger partial charge in [-0.1, -0.05) is 13.8 Å². The molecular weight excluding hydrogens is 316 g/mol. The van der Waals surface area contributed by atoms with Crippen LogP contribution in [-0.4, -0.2) is 72.6 Å². The second-order valence-corrected chi connectivity index (χ2v) is 7.06. The predicted octanol–water partition coefficient (Wildman–Crippen LogP) is 0.875. The molecule has 1 aliphatic heterocycles. The third kappa shape index (κ3) is 7.44. The van der Waals surface area contributed by atoms with E-state index in [1.807, 2.05) is 24.1 Å². The molecule has 0 spiro atoms. The maximum Gasteiger partial charge on any atom is 0.191 e. The average molecular weight is 351 g/mol. The lowest BCUT2D eigenvalue weighted by molar-refractivity contribution is -0.0261. The Balaban J connectivity index is 1.77. The van der Waals surface area contributed by atoms with Crippen LogP contribution in [0, 0.1) is 5.92 Å². The van der Waals surface area contributed by atoms with Crippen molar-refractivity contribution in [2.24, 2.45) is 18.0 Å². The van der Waals surface area contributed by atoms with Gasteiger partial charge in [-0.3, -0.25) is 14.6 Å². The van der Waals surface area contributed by atoms with Gasteiger partial charge in [-0.2, -0.15) is 5.10 Å². The first-order valence-corrected chi connectivity index (χ1v) is 9.40. The Morgan fingerprint density at radius 2 is 2.28 bits per heavy atom. The van der Waals surface area contributed by atoms with Gasteiger partial charge in [-0.05, 0) is 24.8 Å². The molecule has 0 radical (unpaired) electrons. The lowest BCUT2D eigenvalue weighted by Crippen LogP contribution is -2.46. The van der Waals surface area contributed by atoms with Crippen LogP contribution < -0.4 is 10.6 Å². The van der Waals surface area contributed by atoms with Crippen LogP contribution in [0.15, 0.2) is 17.4 Å². The Labute approximate surface area is 151 Å². The Morgan fingerprint density at radius 1 is 1.44 bits per heavy atom. The van der Waals surface area contributed by atoms with Crippen LogP contribution in [0.4, 0.5) is 0 Å².